The Labute approximate surface area is 168 Å². The first-order chi connectivity index (χ1) is 11.8. The molecule has 2 N–H and O–H groups in total. The molecule has 1 saturated carbocycles. The van der Waals surface area contributed by atoms with E-state index in [0.717, 1.165) is 56.6 Å². The quantitative estimate of drug-likeness (QED) is 0.385. The molecule has 1 saturated heterocycles. The number of nitrogens with zero attached hydrogens (tertiary/aromatic N) is 1. The van der Waals surface area contributed by atoms with Crippen molar-refractivity contribution in [3.8, 4) is 0 Å². The van der Waals surface area contributed by atoms with Gasteiger partial charge in [-0.05, 0) is 43.7 Å². The number of ether oxygens (including phenoxy) is 1. The lowest BCUT2D eigenvalue weighted by Crippen LogP contribution is -2.46. The molecule has 1 aliphatic carbocycles. The van der Waals surface area contributed by atoms with E-state index in [1.807, 2.05) is 12.1 Å². The van der Waals surface area contributed by atoms with Crippen molar-refractivity contribution in [1.82, 2.24) is 10.6 Å². The number of rotatable bonds is 6. The van der Waals surface area contributed by atoms with Gasteiger partial charge in [0.05, 0.1) is 18.9 Å². The number of halogens is 1. The number of furan rings is 1. The topological polar surface area (TPSA) is 58.8 Å². The Hall–Kier alpha value is -0.760. The Kier molecular flexibility index (Phi) is 9.09. The molecule has 6 heteroatoms. The van der Waals surface area contributed by atoms with E-state index in [1.165, 1.54) is 25.7 Å². The number of nitrogens with one attached hydrogen (secondary N) is 2. The summed E-state index contributed by atoms with van der Waals surface area (Å²) in [6.07, 6.45) is 10.3. The van der Waals surface area contributed by atoms with Gasteiger partial charge in [0.2, 0.25) is 0 Å². The Balaban J connectivity index is 0.00000225. The Morgan fingerprint density at radius 2 is 2.20 bits per heavy atom. The summed E-state index contributed by atoms with van der Waals surface area (Å²) in [5.74, 6) is 2.74. The highest BCUT2D eigenvalue weighted by atomic mass is 127. The van der Waals surface area contributed by atoms with Crippen LogP contribution in [0.5, 0.6) is 0 Å². The van der Waals surface area contributed by atoms with E-state index in [-0.39, 0.29) is 24.0 Å². The van der Waals surface area contributed by atoms with E-state index in [0.29, 0.717) is 12.1 Å². The fourth-order valence-electron chi connectivity index (χ4n) is 3.65. The minimum Gasteiger partial charge on any atom is -0.469 e. The zero-order valence-electron chi connectivity index (χ0n) is 15.2. The summed E-state index contributed by atoms with van der Waals surface area (Å²) in [5, 5.41) is 7.11. The minimum atomic E-state index is 0. The highest BCUT2D eigenvalue weighted by molar-refractivity contribution is 14.0. The summed E-state index contributed by atoms with van der Waals surface area (Å²) in [4.78, 5) is 4.78. The normalized spacial score (nSPS) is 26.9. The van der Waals surface area contributed by atoms with Crippen LogP contribution in [0.4, 0.5) is 0 Å². The van der Waals surface area contributed by atoms with E-state index in [2.05, 4.69) is 17.6 Å². The molecule has 0 radical (unpaired) electrons. The van der Waals surface area contributed by atoms with Crippen molar-refractivity contribution in [2.24, 2.45) is 10.9 Å². The molecular weight excluding hydrogens is 429 g/mol. The third-order valence-corrected chi connectivity index (χ3v) is 5.00. The van der Waals surface area contributed by atoms with Gasteiger partial charge in [-0.2, -0.15) is 0 Å². The average Bonchev–Trinajstić information content (AvgIpc) is 3.26. The summed E-state index contributed by atoms with van der Waals surface area (Å²) in [7, 11) is 0. The van der Waals surface area contributed by atoms with Gasteiger partial charge in [-0.25, -0.2) is 0 Å². The molecule has 0 bridgehead atoms. The molecule has 1 aromatic rings. The molecule has 1 aromatic heterocycles. The van der Waals surface area contributed by atoms with Crippen LogP contribution in [0.25, 0.3) is 0 Å². The maximum atomic E-state index is 5.70. The monoisotopic (exact) mass is 461 g/mol. The van der Waals surface area contributed by atoms with Crippen LogP contribution in [0.3, 0.4) is 0 Å². The summed E-state index contributed by atoms with van der Waals surface area (Å²) in [5.41, 5.74) is 0. The number of hydrogen-bond donors (Lipinski definition) is 2. The van der Waals surface area contributed by atoms with E-state index >= 15 is 0 Å². The molecule has 5 nitrogen and oxygen atoms in total. The summed E-state index contributed by atoms with van der Waals surface area (Å²) >= 11 is 0. The van der Waals surface area contributed by atoms with Gasteiger partial charge in [0, 0.05) is 25.6 Å². The molecule has 2 heterocycles. The van der Waals surface area contributed by atoms with Crippen LogP contribution in [-0.2, 0) is 11.2 Å². The molecule has 0 spiro atoms. The van der Waals surface area contributed by atoms with Crippen molar-refractivity contribution in [2.45, 2.75) is 64.0 Å². The Bertz CT molecular complexity index is 501. The molecule has 3 atom stereocenters. The van der Waals surface area contributed by atoms with Gasteiger partial charge in [0.15, 0.2) is 5.96 Å². The van der Waals surface area contributed by atoms with E-state index in [4.69, 9.17) is 14.1 Å². The van der Waals surface area contributed by atoms with Gasteiger partial charge in [0.25, 0.3) is 0 Å². The van der Waals surface area contributed by atoms with Crippen LogP contribution in [0.1, 0.15) is 51.2 Å². The van der Waals surface area contributed by atoms with Crippen molar-refractivity contribution in [2.75, 3.05) is 19.7 Å². The summed E-state index contributed by atoms with van der Waals surface area (Å²) in [6, 6.07) is 4.48. The smallest absolute Gasteiger partial charge is 0.191 e. The van der Waals surface area contributed by atoms with Crippen molar-refractivity contribution in [1.29, 1.82) is 0 Å². The van der Waals surface area contributed by atoms with E-state index in [9.17, 15) is 0 Å². The number of guanidine groups is 1. The molecule has 0 amide bonds. The standard InChI is InChI=1S/C19H31N3O2.HI/c1-15-5-2-6-16(13-15)22-19(21-14-18-8-4-12-24-18)20-10-9-17-7-3-11-23-17;/h3,7,11,15-16,18H,2,4-6,8-10,12-14H2,1H3,(H2,20,21,22);1H. The van der Waals surface area contributed by atoms with E-state index < -0.39 is 0 Å². The second-order valence-corrected chi connectivity index (χ2v) is 7.19. The van der Waals surface area contributed by atoms with Gasteiger partial charge < -0.3 is 19.8 Å². The second kappa shape index (κ2) is 11.1. The third-order valence-electron chi connectivity index (χ3n) is 5.00. The van der Waals surface area contributed by atoms with Crippen LogP contribution < -0.4 is 10.6 Å². The zero-order valence-corrected chi connectivity index (χ0v) is 17.5. The highest BCUT2D eigenvalue weighted by Crippen LogP contribution is 2.23. The predicted octanol–water partition coefficient (Wildman–Crippen LogP) is 3.73. The Morgan fingerprint density at radius 1 is 1.28 bits per heavy atom. The first-order valence-electron chi connectivity index (χ1n) is 9.48. The minimum absolute atomic E-state index is 0. The fourth-order valence-corrected chi connectivity index (χ4v) is 3.65. The van der Waals surface area contributed by atoms with E-state index in [1.54, 1.807) is 6.26 Å². The van der Waals surface area contributed by atoms with Crippen molar-refractivity contribution in [3.63, 3.8) is 0 Å². The van der Waals surface area contributed by atoms with Gasteiger partial charge in [0.1, 0.15) is 5.76 Å². The molecule has 142 valence electrons. The molecular formula is C19H32IN3O2. The van der Waals surface area contributed by atoms with Crippen molar-refractivity contribution >= 4 is 29.9 Å². The van der Waals surface area contributed by atoms with Crippen LogP contribution in [0, 0.1) is 5.92 Å². The van der Waals surface area contributed by atoms with Gasteiger partial charge in [-0.15, -0.1) is 24.0 Å². The van der Waals surface area contributed by atoms with Crippen LogP contribution >= 0.6 is 24.0 Å². The second-order valence-electron chi connectivity index (χ2n) is 7.19. The first-order valence-corrected chi connectivity index (χ1v) is 9.48. The zero-order chi connectivity index (χ0) is 16.6. The van der Waals surface area contributed by atoms with Crippen molar-refractivity contribution in [3.05, 3.63) is 24.2 Å². The molecule has 3 unspecified atom stereocenters. The molecule has 2 aliphatic rings. The van der Waals surface area contributed by atoms with Gasteiger partial charge in [-0.3, -0.25) is 4.99 Å². The molecule has 2 fully saturated rings. The maximum Gasteiger partial charge on any atom is 0.191 e. The lowest BCUT2D eigenvalue weighted by molar-refractivity contribution is 0.117. The lowest BCUT2D eigenvalue weighted by atomic mass is 9.87. The fraction of sp³-hybridized carbons (Fsp3) is 0.737. The summed E-state index contributed by atoms with van der Waals surface area (Å²) < 4.78 is 11.1. The van der Waals surface area contributed by atoms with Crippen LogP contribution in [0.15, 0.2) is 27.8 Å². The predicted molar refractivity (Wildman–Crippen MR) is 112 cm³/mol. The molecule has 3 rings (SSSR count). The van der Waals surface area contributed by atoms with Gasteiger partial charge in [-0.1, -0.05) is 19.8 Å². The SMILES string of the molecule is CC1CCCC(NC(=NCC2CCCO2)NCCc2ccco2)C1.I. The maximum absolute atomic E-state index is 5.70. The molecule has 1 aliphatic heterocycles. The van der Waals surface area contributed by atoms with Crippen LogP contribution in [-0.4, -0.2) is 37.8 Å². The highest BCUT2D eigenvalue weighted by Gasteiger charge is 2.20. The third kappa shape index (κ3) is 7.17. The average molecular weight is 461 g/mol. The molecule has 25 heavy (non-hydrogen) atoms. The number of hydrogen-bond acceptors (Lipinski definition) is 3. The van der Waals surface area contributed by atoms with Gasteiger partial charge >= 0.3 is 0 Å². The lowest BCUT2D eigenvalue weighted by Gasteiger charge is -2.29. The van der Waals surface area contributed by atoms with Crippen LogP contribution in [0.2, 0.25) is 0 Å². The Morgan fingerprint density at radius 3 is 2.92 bits per heavy atom. The largest absolute Gasteiger partial charge is 0.469 e. The summed E-state index contributed by atoms with van der Waals surface area (Å²) in [6.45, 7) is 4.81. The number of aliphatic imine (C=N–C) groups is 1. The molecule has 0 aromatic carbocycles. The van der Waals surface area contributed by atoms with Crippen molar-refractivity contribution < 1.29 is 9.15 Å². The first kappa shape index (κ1) is 20.6.